The van der Waals surface area contributed by atoms with E-state index in [-0.39, 0.29) is 11.3 Å². The van der Waals surface area contributed by atoms with Crippen LogP contribution >= 0.6 is 0 Å². The molecule has 1 unspecified atom stereocenters. The number of rotatable bonds is 6. The zero-order chi connectivity index (χ0) is 26.4. The maximum absolute atomic E-state index is 13.4. The monoisotopic (exact) mass is 498 g/mol. The van der Waals surface area contributed by atoms with E-state index in [2.05, 4.69) is 44.9 Å². The summed E-state index contributed by atoms with van der Waals surface area (Å²) in [5.74, 6) is -0.0802. The SMILES string of the molecule is CC(C)CC1CCCN1C(=O)c1cnc(C(C)(C)C)nc1NCc1ccco1.O=C(O)C(F)(F)F. The average Bonchev–Trinajstić information content (AvgIpc) is 3.42. The number of nitrogens with zero attached hydrogens (tertiary/aromatic N) is 3. The molecule has 3 heterocycles. The Bertz CT molecular complexity index is 986. The predicted molar refractivity (Wildman–Crippen MR) is 124 cm³/mol. The van der Waals surface area contributed by atoms with E-state index in [1.165, 1.54) is 0 Å². The van der Waals surface area contributed by atoms with Crippen molar-refractivity contribution in [2.75, 3.05) is 11.9 Å². The Kier molecular flexibility index (Phi) is 9.28. The van der Waals surface area contributed by atoms with Gasteiger partial charge in [-0.25, -0.2) is 14.8 Å². The molecule has 8 nitrogen and oxygen atoms in total. The van der Waals surface area contributed by atoms with Crippen molar-refractivity contribution in [1.82, 2.24) is 14.9 Å². The molecular formula is C24H33F3N4O4. The zero-order valence-electron chi connectivity index (χ0n) is 20.6. The van der Waals surface area contributed by atoms with Crippen LogP contribution in [0.2, 0.25) is 0 Å². The molecule has 0 spiro atoms. The molecular weight excluding hydrogens is 465 g/mol. The van der Waals surface area contributed by atoms with Crippen LogP contribution in [-0.4, -0.2) is 50.6 Å². The van der Waals surface area contributed by atoms with E-state index in [4.69, 9.17) is 19.3 Å². The standard InChI is InChI=1S/C22H32N4O2.C2HF3O2/c1-15(2)12-16-8-6-10-26(16)20(27)18-14-24-21(22(3,4)5)25-19(18)23-13-17-9-7-11-28-17;3-2(4,5)1(6)7/h7,9,11,14-16H,6,8,10,12-13H2,1-5H3,(H,23,24,25);(H,6,7). The summed E-state index contributed by atoms with van der Waals surface area (Å²) in [6.45, 7) is 11.9. The maximum Gasteiger partial charge on any atom is 0.490 e. The quantitative estimate of drug-likeness (QED) is 0.559. The summed E-state index contributed by atoms with van der Waals surface area (Å²) >= 11 is 0. The molecule has 3 rings (SSSR count). The number of anilines is 1. The van der Waals surface area contributed by atoms with Crippen LogP contribution < -0.4 is 5.32 Å². The van der Waals surface area contributed by atoms with Gasteiger partial charge in [-0.15, -0.1) is 0 Å². The number of carbonyl (C=O) groups excluding carboxylic acids is 1. The van der Waals surface area contributed by atoms with E-state index in [0.717, 1.165) is 31.6 Å². The van der Waals surface area contributed by atoms with Gasteiger partial charge in [-0.05, 0) is 37.3 Å². The Morgan fingerprint density at radius 1 is 1.29 bits per heavy atom. The van der Waals surface area contributed by atoms with Crippen molar-refractivity contribution in [2.24, 2.45) is 5.92 Å². The molecule has 194 valence electrons. The molecule has 0 radical (unpaired) electrons. The topological polar surface area (TPSA) is 109 Å². The number of carbonyl (C=O) groups is 2. The van der Waals surface area contributed by atoms with Crippen molar-refractivity contribution in [3.63, 3.8) is 0 Å². The van der Waals surface area contributed by atoms with Crippen LogP contribution in [0.1, 0.15) is 75.8 Å². The van der Waals surface area contributed by atoms with Gasteiger partial charge < -0.3 is 19.7 Å². The van der Waals surface area contributed by atoms with Crippen molar-refractivity contribution in [3.8, 4) is 0 Å². The lowest BCUT2D eigenvalue weighted by molar-refractivity contribution is -0.192. The molecule has 1 amide bonds. The molecule has 1 fully saturated rings. The van der Waals surface area contributed by atoms with E-state index in [1.54, 1.807) is 12.5 Å². The fourth-order valence-corrected chi connectivity index (χ4v) is 3.67. The summed E-state index contributed by atoms with van der Waals surface area (Å²) in [5, 5.41) is 10.4. The Hall–Kier alpha value is -3.11. The second-order valence-corrected chi connectivity index (χ2v) is 9.87. The molecule has 0 bridgehead atoms. The lowest BCUT2D eigenvalue weighted by atomic mass is 9.95. The third-order valence-corrected chi connectivity index (χ3v) is 5.32. The van der Waals surface area contributed by atoms with Crippen LogP contribution in [0.25, 0.3) is 0 Å². The maximum atomic E-state index is 13.4. The second-order valence-electron chi connectivity index (χ2n) is 9.87. The minimum absolute atomic E-state index is 0.0190. The first kappa shape index (κ1) is 28.1. The number of likely N-dealkylation sites (tertiary alicyclic amines) is 1. The predicted octanol–water partition coefficient (Wildman–Crippen LogP) is 5.26. The van der Waals surface area contributed by atoms with Gasteiger partial charge in [0.1, 0.15) is 23.0 Å². The van der Waals surface area contributed by atoms with Gasteiger partial charge in [-0.1, -0.05) is 34.6 Å². The lowest BCUT2D eigenvalue weighted by Gasteiger charge is -2.27. The number of hydrogen-bond donors (Lipinski definition) is 2. The third kappa shape index (κ3) is 8.25. The van der Waals surface area contributed by atoms with Gasteiger partial charge in [0, 0.05) is 24.2 Å². The fraction of sp³-hybridized carbons (Fsp3) is 0.583. The van der Waals surface area contributed by atoms with Gasteiger partial charge in [-0.3, -0.25) is 4.79 Å². The Morgan fingerprint density at radius 3 is 2.46 bits per heavy atom. The zero-order valence-corrected chi connectivity index (χ0v) is 20.6. The number of hydrogen-bond acceptors (Lipinski definition) is 6. The van der Waals surface area contributed by atoms with Crippen molar-refractivity contribution in [2.45, 2.75) is 78.1 Å². The number of nitrogens with one attached hydrogen (secondary N) is 1. The number of carboxylic acid groups (broad SMARTS) is 1. The summed E-state index contributed by atoms with van der Waals surface area (Å²) in [7, 11) is 0. The number of furan rings is 1. The van der Waals surface area contributed by atoms with Crippen molar-refractivity contribution in [3.05, 3.63) is 41.7 Å². The van der Waals surface area contributed by atoms with Crippen molar-refractivity contribution < 1.29 is 32.3 Å². The number of aromatic nitrogens is 2. The molecule has 35 heavy (non-hydrogen) atoms. The highest BCUT2D eigenvalue weighted by Gasteiger charge is 2.38. The first-order valence-electron chi connectivity index (χ1n) is 11.4. The molecule has 2 aromatic rings. The van der Waals surface area contributed by atoms with Crippen LogP contribution in [-0.2, 0) is 16.8 Å². The van der Waals surface area contributed by atoms with E-state index < -0.39 is 12.1 Å². The summed E-state index contributed by atoms with van der Waals surface area (Å²) in [6.07, 6.45) is 1.40. The van der Waals surface area contributed by atoms with Gasteiger partial charge in [0.05, 0.1) is 12.8 Å². The minimum Gasteiger partial charge on any atom is -0.475 e. The van der Waals surface area contributed by atoms with E-state index in [9.17, 15) is 18.0 Å². The Morgan fingerprint density at radius 2 is 1.94 bits per heavy atom. The molecule has 1 aliphatic rings. The normalized spacial score (nSPS) is 16.1. The lowest BCUT2D eigenvalue weighted by Crippen LogP contribution is -2.37. The molecule has 0 aliphatic carbocycles. The van der Waals surface area contributed by atoms with Crippen LogP contribution in [0.4, 0.5) is 19.0 Å². The number of carboxylic acids is 1. The summed E-state index contributed by atoms with van der Waals surface area (Å²) in [4.78, 5) is 33.5. The first-order chi connectivity index (χ1) is 16.2. The van der Waals surface area contributed by atoms with Crippen molar-refractivity contribution in [1.29, 1.82) is 0 Å². The minimum atomic E-state index is -5.08. The summed E-state index contributed by atoms with van der Waals surface area (Å²) in [6, 6.07) is 4.05. The molecule has 1 atom stereocenters. The fourth-order valence-electron chi connectivity index (χ4n) is 3.67. The Labute approximate surface area is 202 Å². The van der Waals surface area contributed by atoms with E-state index >= 15 is 0 Å². The number of halogens is 3. The van der Waals surface area contributed by atoms with Crippen LogP contribution in [0.5, 0.6) is 0 Å². The number of amides is 1. The summed E-state index contributed by atoms with van der Waals surface area (Å²) < 4.78 is 37.1. The van der Waals surface area contributed by atoms with Gasteiger partial charge in [-0.2, -0.15) is 13.2 Å². The highest BCUT2D eigenvalue weighted by Crippen LogP contribution is 2.28. The first-order valence-corrected chi connectivity index (χ1v) is 11.4. The Balaban J connectivity index is 0.000000540. The highest BCUT2D eigenvalue weighted by atomic mass is 19.4. The summed E-state index contributed by atoms with van der Waals surface area (Å²) in [5.41, 5.74) is 0.339. The largest absolute Gasteiger partial charge is 0.490 e. The average molecular weight is 499 g/mol. The molecule has 2 N–H and O–H groups in total. The van der Waals surface area contributed by atoms with Gasteiger partial charge >= 0.3 is 12.1 Å². The number of alkyl halides is 3. The van der Waals surface area contributed by atoms with Gasteiger partial charge in [0.15, 0.2) is 0 Å². The molecule has 0 aromatic carbocycles. The van der Waals surface area contributed by atoms with Gasteiger partial charge in [0.2, 0.25) is 0 Å². The van der Waals surface area contributed by atoms with E-state index in [1.807, 2.05) is 17.0 Å². The van der Waals surface area contributed by atoms with Crippen LogP contribution in [0, 0.1) is 5.92 Å². The molecule has 2 aromatic heterocycles. The van der Waals surface area contributed by atoms with Crippen LogP contribution in [0.3, 0.4) is 0 Å². The smallest absolute Gasteiger partial charge is 0.475 e. The van der Waals surface area contributed by atoms with Crippen LogP contribution in [0.15, 0.2) is 29.0 Å². The molecule has 1 saturated heterocycles. The molecule has 1 aliphatic heterocycles. The van der Waals surface area contributed by atoms with Crippen molar-refractivity contribution >= 4 is 17.7 Å². The molecule has 0 saturated carbocycles. The van der Waals surface area contributed by atoms with E-state index in [0.29, 0.717) is 35.7 Å². The molecule has 11 heteroatoms. The van der Waals surface area contributed by atoms with Gasteiger partial charge in [0.25, 0.3) is 5.91 Å². The second kappa shape index (κ2) is 11.5. The third-order valence-electron chi connectivity index (χ3n) is 5.32. The highest BCUT2D eigenvalue weighted by molar-refractivity contribution is 5.98. The number of aliphatic carboxylic acids is 1.